The van der Waals surface area contributed by atoms with E-state index in [1.165, 1.54) is 16.1 Å². The number of aryl methyl sites for hydroxylation is 1. The lowest BCUT2D eigenvalue weighted by atomic mass is 10.0. The van der Waals surface area contributed by atoms with Crippen LogP contribution < -0.4 is 5.32 Å². The first-order valence-corrected chi connectivity index (χ1v) is 10.0. The molecule has 1 aromatic carbocycles. The Morgan fingerprint density at radius 2 is 2.00 bits per heavy atom. The van der Waals surface area contributed by atoms with Gasteiger partial charge in [-0.05, 0) is 38.2 Å². The van der Waals surface area contributed by atoms with E-state index in [2.05, 4.69) is 17.4 Å². The highest BCUT2D eigenvalue weighted by Gasteiger charge is 2.34. The zero-order chi connectivity index (χ0) is 16.9. The summed E-state index contributed by atoms with van der Waals surface area (Å²) in [5, 5.41) is 2.98. The monoisotopic (exact) mass is 338 g/mol. The predicted molar refractivity (Wildman–Crippen MR) is 91.6 cm³/mol. The number of carbonyl (C=O) groups excluding carboxylic acids is 1. The molecule has 6 heteroatoms. The van der Waals surface area contributed by atoms with Gasteiger partial charge < -0.3 is 5.32 Å². The maximum Gasteiger partial charge on any atom is 0.238 e. The van der Waals surface area contributed by atoms with Crippen molar-refractivity contribution in [2.75, 3.05) is 12.8 Å². The molecule has 1 amide bonds. The Morgan fingerprint density at radius 1 is 1.30 bits per heavy atom. The first kappa shape index (κ1) is 17.9. The Morgan fingerprint density at radius 3 is 2.65 bits per heavy atom. The van der Waals surface area contributed by atoms with Crippen LogP contribution in [0.5, 0.6) is 0 Å². The molecule has 1 saturated heterocycles. The van der Waals surface area contributed by atoms with E-state index in [0.29, 0.717) is 13.0 Å². The van der Waals surface area contributed by atoms with Crippen LogP contribution in [0.2, 0.25) is 0 Å². The van der Waals surface area contributed by atoms with Crippen molar-refractivity contribution in [1.29, 1.82) is 0 Å². The highest BCUT2D eigenvalue weighted by atomic mass is 32.2. The average molecular weight is 338 g/mol. The zero-order valence-corrected chi connectivity index (χ0v) is 14.7. The molecule has 128 valence electrons. The number of carbonyl (C=O) groups is 1. The molecule has 0 unspecified atom stereocenters. The normalized spacial score (nSPS) is 20.9. The van der Waals surface area contributed by atoms with Gasteiger partial charge in [0.15, 0.2) is 0 Å². The van der Waals surface area contributed by atoms with Crippen molar-refractivity contribution in [2.24, 2.45) is 0 Å². The minimum absolute atomic E-state index is 0.0195. The smallest absolute Gasteiger partial charge is 0.238 e. The van der Waals surface area contributed by atoms with Crippen LogP contribution in [-0.4, -0.2) is 43.5 Å². The van der Waals surface area contributed by atoms with E-state index >= 15 is 0 Å². The van der Waals surface area contributed by atoms with Crippen molar-refractivity contribution in [1.82, 2.24) is 9.62 Å². The van der Waals surface area contributed by atoms with Gasteiger partial charge in [0.1, 0.15) is 6.04 Å². The van der Waals surface area contributed by atoms with Gasteiger partial charge in [-0.3, -0.25) is 4.79 Å². The van der Waals surface area contributed by atoms with E-state index < -0.39 is 16.1 Å². The minimum Gasteiger partial charge on any atom is -0.352 e. The fourth-order valence-corrected chi connectivity index (χ4v) is 4.13. The van der Waals surface area contributed by atoms with E-state index in [-0.39, 0.29) is 11.9 Å². The summed E-state index contributed by atoms with van der Waals surface area (Å²) in [5.41, 5.74) is 1.24. The Balaban J connectivity index is 1.89. The number of sulfonamides is 1. The number of rotatable bonds is 6. The number of nitrogens with one attached hydrogen (secondary N) is 1. The SMILES string of the molecule is C[C@@H](CCc1ccccc1)NC(=O)[C@@H]1CCCCN1S(C)(=O)=O. The Kier molecular flexibility index (Phi) is 6.18. The molecule has 1 aromatic rings. The van der Waals surface area contributed by atoms with Crippen molar-refractivity contribution < 1.29 is 13.2 Å². The largest absolute Gasteiger partial charge is 0.352 e. The molecule has 1 aliphatic rings. The van der Waals surface area contributed by atoms with E-state index in [4.69, 9.17) is 0 Å². The van der Waals surface area contributed by atoms with E-state index in [1.807, 2.05) is 25.1 Å². The first-order chi connectivity index (χ1) is 10.9. The number of hydrogen-bond donors (Lipinski definition) is 1. The molecule has 5 nitrogen and oxygen atoms in total. The molecule has 0 saturated carbocycles. The van der Waals surface area contributed by atoms with Gasteiger partial charge in [-0.25, -0.2) is 8.42 Å². The van der Waals surface area contributed by atoms with Gasteiger partial charge in [0.05, 0.1) is 6.26 Å². The molecule has 1 N–H and O–H groups in total. The van der Waals surface area contributed by atoms with Gasteiger partial charge in [-0.1, -0.05) is 36.8 Å². The van der Waals surface area contributed by atoms with Crippen LogP contribution in [0.25, 0.3) is 0 Å². The second-order valence-corrected chi connectivity index (χ2v) is 8.25. The minimum atomic E-state index is -3.34. The standard InChI is InChI=1S/C17H26N2O3S/c1-14(11-12-15-8-4-3-5-9-15)18-17(20)16-10-6-7-13-19(16)23(2,21)22/h3-5,8-9,14,16H,6-7,10-13H2,1-2H3,(H,18,20)/t14-,16-/m0/s1. The van der Waals surface area contributed by atoms with E-state index in [1.54, 1.807) is 0 Å². The van der Waals surface area contributed by atoms with Crippen molar-refractivity contribution in [3.63, 3.8) is 0 Å². The average Bonchev–Trinajstić information content (AvgIpc) is 2.53. The third kappa shape index (κ3) is 5.32. The fourth-order valence-electron chi connectivity index (χ4n) is 3.00. The molecular formula is C17H26N2O3S. The van der Waals surface area contributed by atoms with E-state index in [9.17, 15) is 13.2 Å². The van der Waals surface area contributed by atoms with Gasteiger partial charge in [0.25, 0.3) is 0 Å². The lowest BCUT2D eigenvalue weighted by Gasteiger charge is -2.33. The molecule has 0 spiro atoms. The summed E-state index contributed by atoms with van der Waals surface area (Å²) in [6.07, 6.45) is 5.22. The van der Waals surface area contributed by atoms with Crippen LogP contribution in [0.15, 0.2) is 30.3 Å². The molecule has 1 fully saturated rings. The fraction of sp³-hybridized carbons (Fsp3) is 0.588. The number of amides is 1. The second kappa shape index (κ2) is 7.93. The van der Waals surface area contributed by atoms with Gasteiger partial charge in [-0.15, -0.1) is 0 Å². The molecule has 2 rings (SSSR count). The Bertz CT molecular complexity index is 616. The topological polar surface area (TPSA) is 66.5 Å². The lowest BCUT2D eigenvalue weighted by molar-refractivity contribution is -0.126. The van der Waals surface area contributed by atoms with Crippen LogP contribution in [0, 0.1) is 0 Å². The van der Waals surface area contributed by atoms with Crippen LogP contribution in [0.4, 0.5) is 0 Å². The summed E-state index contributed by atoms with van der Waals surface area (Å²) >= 11 is 0. The Hall–Kier alpha value is -1.40. The molecule has 1 aliphatic heterocycles. The van der Waals surface area contributed by atoms with Crippen molar-refractivity contribution in [2.45, 2.75) is 51.1 Å². The number of piperidine rings is 1. The summed E-state index contributed by atoms with van der Waals surface area (Å²) in [6.45, 7) is 2.41. The Labute approximate surface area is 139 Å². The molecule has 2 atom stereocenters. The van der Waals surface area contributed by atoms with Gasteiger partial charge >= 0.3 is 0 Å². The number of benzene rings is 1. The third-order valence-electron chi connectivity index (χ3n) is 4.28. The molecule has 0 aliphatic carbocycles. The first-order valence-electron chi connectivity index (χ1n) is 8.19. The van der Waals surface area contributed by atoms with Crippen LogP contribution >= 0.6 is 0 Å². The van der Waals surface area contributed by atoms with Gasteiger partial charge in [0.2, 0.25) is 15.9 Å². The molecule has 1 heterocycles. The molecule has 23 heavy (non-hydrogen) atoms. The summed E-state index contributed by atoms with van der Waals surface area (Å²) in [6, 6.07) is 9.60. The molecule has 0 bridgehead atoms. The van der Waals surface area contributed by atoms with Crippen LogP contribution in [0.1, 0.15) is 38.2 Å². The van der Waals surface area contributed by atoms with Gasteiger partial charge in [-0.2, -0.15) is 4.31 Å². The second-order valence-electron chi connectivity index (χ2n) is 6.32. The number of hydrogen-bond acceptors (Lipinski definition) is 3. The summed E-state index contributed by atoms with van der Waals surface area (Å²) < 4.78 is 25.0. The van der Waals surface area contributed by atoms with Crippen molar-refractivity contribution >= 4 is 15.9 Å². The highest BCUT2D eigenvalue weighted by molar-refractivity contribution is 7.88. The predicted octanol–water partition coefficient (Wildman–Crippen LogP) is 1.94. The lowest BCUT2D eigenvalue weighted by Crippen LogP contribution is -2.53. The van der Waals surface area contributed by atoms with Crippen LogP contribution in [-0.2, 0) is 21.2 Å². The highest BCUT2D eigenvalue weighted by Crippen LogP contribution is 2.20. The van der Waals surface area contributed by atoms with Crippen molar-refractivity contribution in [3.05, 3.63) is 35.9 Å². The summed E-state index contributed by atoms with van der Waals surface area (Å²) in [5.74, 6) is -0.171. The van der Waals surface area contributed by atoms with Crippen LogP contribution in [0.3, 0.4) is 0 Å². The third-order valence-corrected chi connectivity index (χ3v) is 5.57. The molecule has 0 aromatic heterocycles. The maximum atomic E-state index is 12.5. The molecular weight excluding hydrogens is 312 g/mol. The maximum absolute atomic E-state index is 12.5. The molecule has 0 radical (unpaired) electrons. The van der Waals surface area contributed by atoms with Crippen molar-refractivity contribution in [3.8, 4) is 0 Å². The summed E-state index contributed by atoms with van der Waals surface area (Å²) in [4.78, 5) is 12.5. The van der Waals surface area contributed by atoms with E-state index in [0.717, 1.165) is 25.7 Å². The van der Waals surface area contributed by atoms with Gasteiger partial charge in [0, 0.05) is 12.6 Å². The zero-order valence-electron chi connectivity index (χ0n) is 13.9. The summed E-state index contributed by atoms with van der Waals surface area (Å²) in [7, 11) is -3.34. The number of nitrogens with zero attached hydrogens (tertiary/aromatic N) is 1. The quantitative estimate of drug-likeness (QED) is 0.862.